The molecule has 0 aliphatic rings. The van der Waals surface area contributed by atoms with Crippen LogP contribution in [0.4, 0.5) is 0 Å². The highest BCUT2D eigenvalue weighted by atomic mass is 32.2. The molecule has 1 amide bonds. The molecule has 2 aromatic carbocycles. The highest BCUT2D eigenvalue weighted by Gasteiger charge is 2.14. The van der Waals surface area contributed by atoms with E-state index in [1.54, 1.807) is 0 Å². The molecular weight excluding hydrogens is 396 g/mol. The Hall–Kier alpha value is -2.80. The zero-order valence-electron chi connectivity index (χ0n) is 17.7. The summed E-state index contributed by atoms with van der Waals surface area (Å²) in [5, 5.41) is 12.2. The lowest BCUT2D eigenvalue weighted by Gasteiger charge is -2.11. The van der Waals surface area contributed by atoms with Crippen molar-refractivity contribution in [3.05, 3.63) is 71.0 Å². The zero-order valence-corrected chi connectivity index (χ0v) is 18.5. The molecule has 0 unspecified atom stereocenters. The number of amides is 1. The van der Waals surface area contributed by atoms with Crippen LogP contribution in [-0.4, -0.2) is 33.0 Å². The number of hydrogen-bond acceptors (Lipinski definition) is 5. The number of aromatic nitrogens is 3. The fourth-order valence-corrected chi connectivity index (χ4v) is 3.98. The summed E-state index contributed by atoms with van der Waals surface area (Å²) in [6.45, 7) is 7.81. The van der Waals surface area contributed by atoms with E-state index in [1.807, 2.05) is 48.7 Å². The summed E-state index contributed by atoms with van der Waals surface area (Å²) in [6, 6.07) is 16.2. The molecule has 30 heavy (non-hydrogen) atoms. The van der Waals surface area contributed by atoms with Crippen LogP contribution in [0.1, 0.15) is 29.4 Å². The number of nitrogens with one attached hydrogen (secondary N) is 1. The lowest BCUT2D eigenvalue weighted by Crippen LogP contribution is -2.27. The van der Waals surface area contributed by atoms with Gasteiger partial charge in [-0.25, -0.2) is 0 Å². The van der Waals surface area contributed by atoms with Crippen molar-refractivity contribution >= 4 is 17.7 Å². The number of benzene rings is 2. The van der Waals surface area contributed by atoms with E-state index < -0.39 is 0 Å². The van der Waals surface area contributed by atoms with Gasteiger partial charge in [-0.3, -0.25) is 4.79 Å². The van der Waals surface area contributed by atoms with Crippen molar-refractivity contribution in [1.29, 1.82) is 0 Å². The third kappa shape index (κ3) is 6.10. The van der Waals surface area contributed by atoms with Crippen molar-refractivity contribution in [2.75, 3.05) is 12.3 Å². The van der Waals surface area contributed by atoms with Gasteiger partial charge in [0.25, 0.3) is 0 Å². The average molecular weight is 425 g/mol. The standard InChI is InChI=1S/C23H28N4O2S/c1-4-27-21(15-29-20-11-10-17(2)14-18(20)3)25-26-23(27)30-16-22(28)24-13-12-19-8-6-5-7-9-19/h5-11,14H,4,12-13,15-16H2,1-3H3,(H,24,28). The molecule has 0 bridgehead atoms. The Kier molecular flexibility index (Phi) is 7.90. The Morgan fingerprint density at radius 2 is 1.93 bits per heavy atom. The van der Waals surface area contributed by atoms with Crippen LogP contribution in [0.3, 0.4) is 0 Å². The number of ether oxygens (including phenoxy) is 1. The van der Waals surface area contributed by atoms with Gasteiger partial charge in [0.05, 0.1) is 5.75 Å². The summed E-state index contributed by atoms with van der Waals surface area (Å²) in [6.07, 6.45) is 0.822. The van der Waals surface area contributed by atoms with Gasteiger partial charge in [0, 0.05) is 13.1 Å². The van der Waals surface area contributed by atoms with Crippen LogP contribution < -0.4 is 10.1 Å². The van der Waals surface area contributed by atoms with E-state index in [1.165, 1.54) is 22.9 Å². The van der Waals surface area contributed by atoms with Crippen molar-refractivity contribution in [2.24, 2.45) is 0 Å². The number of hydrogen-bond donors (Lipinski definition) is 1. The van der Waals surface area contributed by atoms with Gasteiger partial charge >= 0.3 is 0 Å². The maximum atomic E-state index is 12.2. The monoisotopic (exact) mass is 424 g/mol. The Labute approximate surface area is 182 Å². The predicted octanol–water partition coefficient (Wildman–Crippen LogP) is 3.94. The molecule has 1 N–H and O–H groups in total. The Morgan fingerprint density at radius 3 is 2.67 bits per heavy atom. The number of thioether (sulfide) groups is 1. The third-order valence-electron chi connectivity index (χ3n) is 4.71. The first-order valence-corrected chi connectivity index (χ1v) is 11.1. The van der Waals surface area contributed by atoms with Crippen LogP contribution >= 0.6 is 11.8 Å². The lowest BCUT2D eigenvalue weighted by molar-refractivity contribution is -0.118. The highest BCUT2D eigenvalue weighted by molar-refractivity contribution is 7.99. The van der Waals surface area contributed by atoms with Crippen LogP contribution in [0.2, 0.25) is 0 Å². The summed E-state index contributed by atoms with van der Waals surface area (Å²) in [5.41, 5.74) is 3.52. The molecule has 0 atom stereocenters. The molecule has 1 aromatic heterocycles. The largest absolute Gasteiger partial charge is 0.485 e. The maximum absolute atomic E-state index is 12.2. The molecular formula is C23H28N4O2S. The molecule has 0 saturated carbocycles. The number of aryl methyl sites for hydroxylation is 2. The van der Waals surface area contributed by atoms with E-state index in [0.717, 1.165) is 35.3 Å². The summed E-state index contributed by atoms with van der Waals surface area (Å²) >= 11 is 1.40. The van der Waals surface area contributed by atoms with Gasteiger partial charge in [0.1, 0.15) is 12.4 Å². The Morgan fingerprint density at radius 1 is 1.13 bits per heavy atom. The number of rotatable bonds is 10. The smallest absolute Gasteiger partial charge is 0.230 e. The minimum absolute atomic E-state index is 0.00494. The van der Waals surface area contributed by atoms with Gasteiger partial charge in [-0.2, -0.15) is 0 Å². The van der Waals surface area contributed by atoms with E-state index >= 15 is 0 Å². The fraction of sp³-hybridized carbons (Fsp3) is 0.348. The Balaban J connectivity index is 1.49. The summed E-state index contributed by atoms with van der Waals surface area (Å²) < 4.78 is 7.93. The molecule has 6 nitrogen and oxygen atoms in total. The van der Waals surface area contributed by atoms with Crippen molar-refractivity contribution in [3.8, 4) is 5.75 Å². The van der Waals surface area contributed by atoms with Crippen LogP contribution in [0.15, 0.2) is 53.7 Å². The molecule has 0 radical (unpaired) electrons. The summed E-state index contributed by atoms with van der Waals surface area (Å²) in [7, 11) is 0. The highest BCUT2D eigenvalue weighted by Crippen LogP contribution is 2.21. The minimum Gasteiger partial charge on any atom is -0.485 e. The molecule has 0 aliphatic heterocycles. The quantitative estimate of drug-likeness (QED) is 0.499. The van der Waals surface area contributed by atoms with Gasteiger partial charge in [0.2, 0.25) is 5.91 Å². The molecule has 158 valence electrons. The number of carbonyl (C=O) groups is 1. The van der Waals surface area contributed by atoms with Crippen LogP contribution in [0.25, 0.3) is 0 Å². The maximum Gasteiger partial charge on any atom is 0.230 e. The molecule has 0 fully saturated rings. The topological polar surface area (TPSA) is 69.0 Å². The van der Waals surface area contributed by atoms with Crippen LogP contribution in [0.5, 0.6) is 5.75 Å². The number of nitrogens with zero attached hydrogens (tertiary/aromatic N) is 3. The Bertz CT molecular complexity index is 973. The molecule has 7 heteroatoms. The van der Waals surface area contributed by atoms with E-state index in [4.69, 9.17) is 4.74 Å². The van der Waals surface area contributed by atoms with Crippen LogP contribution in [0, 0.1) is 13.8 Å². The van der Waals surface area contributed by atoms with Crippen LogP contribution in [-0.2, 0) is 24.4 Å². The first-order valence-electron chi connectivity index (χ1n) is 10.1. The van der Waals surface area contributed by atoms with Gasteiger partial charge < -0.3 is 14.6 Å². The van der Waals surface area contributed by atoms with E-state index in [9.17, 15) is 4.79 Å². The fourth-order valence-electron chi connectivity index (χ4n) is 3.13. The lowest BCUT2D eigenvalue weighted by atomic mass is 10.1. The number of carbonyl (C=O) groups excluding carboxylic acids is 1. The van der Waals surface area contributed by atoms with Crippen molar-refractivity contribution in [3.63, 3.8) is 0 Å². The molecule has 1 heterocycles. The van der Waals surface area contributed by atoms with Gasteiger partial charge in [-0.15, -0.1) is 10.2 Å². The third-order valence-corrected chi connectivity index (χ3v) is 5.67. The summed E-state index contributed by atoms with van der Waals surface area (Å²) in [5.74, 6) is 1.91. The average Bonchev–Trinajstić information content (AvgIpc) is 3.14. The van der Waals surface area contributed by atoms with Gasteiger partial charge in [-0.1, -0.05) is 59.8 Å². The molecule has 3 rings (SSSR count). The van der Waals surface area contributed by atoms with Crippen molar-refractivity contribution < 1.29 is 9.53 Å². The first kappa shape index (κ1) is 21.9. The van der Waals surface area contributed by atoms with Crippen molar-refractivity contribution in [1.82, 2.24) is 20.1 Å². The van der Waals surface area contributed by atoms with E-state index in [-0.39, 0.29) is 5.91 Å². The zero-order chi connectivity index (χ0) is 21.3. The molecule has 3 aromatic rings. The van der Waals surface area contributed by atoms with E-state index in [0.29, 0.717) is 18.9 Å². The van der Waals surface area contributed by atoms with Gasteiger partial charge in [0.15, 0.2) is 11.0 Å². The first-order chi connectivity index (χ1) is 14.6. The molecule has 0 spiro atoms. The second kappa shape index (κ2) is 10.8. The second-order valence-corrected chi connectivity index (χ2v) is 8.02. The second-order valence-electron chi connectivity index (χ2n) is 7.07. The SMILES string of the molecule is CCn1c(COc2ccc(C)cc2C)nnc1SCC(=O)NCCc1ccccc1. The molecule has 0 aliphatic carbocycles. The minimum atomic E-state index is -0.00494. The van der Waals surface area contributed by atoms with Crippen molar-refractivity contribution in [2.45, 2.75) is 45.5 Å². The predicted molar refractivity (Wildman–Crippen MR) is 120 cm³/mol. The normalized spacial score (nSPS) is 10.8. The molecule has 0 saturated heterocycles. The van der Waals surface area contributed by atoms with Gasteiger partial charge in [-0.05, 0) is 44.4 Å². The summed E-state index contributed by atoms with van der Waals surface area (Å²) in [4.78, 5) is 12.2. The van der Waals surface area contributed by atoms with E-state index in [2.05, 4.69) is 40.6 Å².